The van der Waals surface area contributed by atoms with Gasteiger partial charge in [-0.05, 0) is 24.1 Å². The predicted molar refractivity (Wildman–Crippen MR) is 93.3 cm³/mol. The van der Waals surface area contributed by atoms with Crippen LogP contribution in [0.4, 0.5) is 0 Å². The van der Waals surface area contributed by atoms with Gasteiger partial charge in [-0.25, -0.2) is 4.99 Å². The largest absolute Gasteiger partial charge is 0.383 e. The normalized spacial score (nSPS) is 11.3. The van der Waals surface area contributed by atoms with Crippen molar-refractivity contribution in [3.05, 3.63) is 65.5 Å². The molecule has 2 N–H and O–H groups in total. The first-order chi connectivity index (χ1) is 11.3. The van der Waals surface area contributed by atoms with E-state index >= 15 is 0 Å². The zero-order valence-electron chi connectivity index (χ0n) is 13.7. The lowest BCUT2D eigenvalue weighted by molar-refractivity contribution is 0.203. The number of nitrogens with zero attached hydrogens (tertiary/aromatic N) is 2. The first-order valence-corrected chi connectivity index (χ1v) is 7.74. The Bertz CT molecular complexity index is 596. The smallest absolute Gasteiger partial charge is 0.191 e. The average molecular weight is 312 g/mol. The molecule has 1 aromatic heterocycles. The van der Waals surface area contributed by atoms with Gasteiger partial charge >= 0.3 is 0 Å². The fourth-order valence-electron chi connectivity index (χ4n) is 1.99. The van der Waals surface area contributed by atoms with E-state index in [-0.39, 0.29) is 0 Å². The molecule has 0 bridgehead atoms. The Morgan fingerprint density at radius 3 is 2.61 bits per heavy atom. The van der Waals surface area contributed by atoms with Gasteiger partial charge in [-0.15, -0.1) is 0 Å². The van der Waals surface area contributed by atoms with E-state index in [4.69, 9.17) is 4.74 Å². The van der Waals surface area contributed by atoms with Gasteiger partial charge < -0.3 is 15.4 Å². The number of hydrogen-bond acceptors (Lipinski definition) is 3. The highest BCUT2D eigenvalue weighted by atomic mass is 16.5. The molecule has 1 aromatic carbocycles. The zero-order chi connectivity index (χ0) is 16.3. The number of aryl methyl sites for hydroxylation is 1. The van der Waals surface area contributed by atoms with E-state index in [1.54, 1.807) is 7.11 Å². The molecule has 0 saturated carbocycles. The van der Waals surface area contributed by atoms with Crippen molar-refractivity contribution < 1.29 is 4.74 Å². The minimum Gasteiger partial charge on any atom is -0.383 e. The van der Waals surface area contributed by atoms with E-state index < -0.39 is 0 Å². The molecule has 2 rings (SSSR count). The molecule has 5 nitrogen and oxygen atoms in total. The van der Waals surface area contributed by atoms with Crippen molar-refractivity contribution in [3.63, 3.8) is 0 Å². The summed E-state index contributed by atoms with van der Waals surface area (Å²) >= 11 is 0. The molecule has 122 valence electrons. The van der Waals surface area contributed by atoms with Crippen LogP contribution in [0.25, 0.3) is 0 Å². The van der Waals surface area contributed by atoms with Gasteiger partial charge in [0.25, 0.3) is 0 Å². The van der Waals surface area contributed by atoms with Crippen LogP contribution in [0.15, 0.2) is 53.7 Å². The molecular formula is C18H24N4O. The maximum Gasteiger partial charge on any atom is 0.191 e. The first kappa shape index (κ1) is 17.0. The average Bonchev–Trinajstić information content (AvgIpc) is 2.59. The summed E-state index contributed by atoms with van der Waals surface area (Å²) in [6.45, 7) is 4.64. The molecule has 0 aliphatic carbocycles. The third-order valence-electron chi connectivity index (χ3n) is 3.29. The lowest BCUT2D eigenvalue weighted by Gasteiger charge is -2.12. The number of methoxy groups -OCH3 is 1. The van der Waals surface area contributed by atoms with Crippen LogP contribution in [-0.2, 0) is 17.8 Å². The van der Waals surface area contributed by atoms with Crippen LogP contribution in [0.5, 0.6) is 0 Å². The van der Waals surface area contributed by atoms with Crippen molar-refractivity contribution >= 4 is 5.96 Å². The van der Waals surface area contributed by atoms with Crippen molar-refractivity contribution in [2.24, 2.45) is 4.99 Å². The lowest BCUT2D eigenvalue weighted by atomic mass is 10.2. The zero-order valence-corrected chi connectivity index (χ0v) is 13.7. The molecule has 0 atom stereocenters. The van der Waals surface area contributed by atoms with Crippen LogP contribution in [0, 0.1) is 6.92 Å². The summed E-state index contributed by atoms with van der Waals surface area (Å²) in [5.41, 5.74) is 3.31. The quantitative estimate of drug-likeness (QED) is 0.468. The Morgan fingerprint density at radius 2 is 1.91 bits per heavy atom. The van der Waals surface area contributed by atoms with E-state index in [1.165, 1.54) is 5.56 Å². The molecule has 0 amide bonds. The molecular weight excluding hydrogens is 288 g/mol. The predicted octanol–water partition coefficient (Wildman–Crippen LogP) is 2.27. The molecule has 1 heterocycles. The second kappa shape index (κ2) is 9.58. The highest BCUT2D eigenvalue weighted by molar-refractivity contribution is 5.79. The summed E-state index contributed by atoms with van der Waals surface area (Å²) in [6.07, 6.45) is 1.86. The summed E-state index contributed by atoms with van der Waals surface area (Å²) < 4.78 is 5.08. The Kier molecular flexibility index (Phi) is 7.07. The Morgan fingerprint density at radius 1 is 1.09 bits per heavy atom. The van der Waals surface area contributed by atoms with Gasteiger partial charge in [-0.2, -0.15) is 0 Å². The molecule has 5 heteroatoms. The summed E-state index contributed by atoms with van der Waals surface area (Å²) in [5.74, 6) is 0.770. The molecule has 0 saturated heterocycles. The van der Waals surface area contributed by atoms with Crippen LogP contribution >= 0.6 is 0 Å². The number of hydrogen-bond donors (Lipinski definition) is 2. The minimum atomic E-state index is 0.588. The number of aliphatic imine (C=N–C) groups is 1. The van der Waals surface area contributed by atoms with Crippen LogP contribution in [0.3, 0.4) is 0 Å². The molecule has 0 radical (unpaired) electrons. The lowest BCUT2D eigenvalue weighted by Crippen LogP contribution is -2.38. The molecule has 0 unspecified atom stereocenters. The summed E-state index contributed by atoms with van der Waals surface area (Å²) in [7, 11) is 1.69. The SMILES string of the molecule is COCCNC(=NCc1ccc(C)nc1)NCc1ccccc1. The Balaban J connectivity index is 1.94. The van der Waals surface area contributed by atoms with Crippen LogP contribution < -0.4 is 10.6 Å². The first-order valence-electron chi connectivity index (χ1n) is 7.74. The summed E-state index contributed by atoms with van der Waals surface area (Å²) in [5, 5.41) is 6.61. The third-order valence-corrected chi connectivity index (χ3v) is 3.29. The maximum absolute atomic E-state index is 5.08. The Labute approximate surface area is 137 Å². The highest BCUT2D eigenvalue weighted by Crippen LogP contribution is 2.01. The fourth-order valence-corrected chi connectivity index (χ4v) is 1.99. The van der Waals surface area contributed by atoms with E-state index in [2.05, 4.69) is 38.8 Å². The summed E-state index contributed by atoms with van der Waals surface area (Å²) in [6, 6.07) is 14.3. The van der Waals surface area contributed by atoms with E-state index in [0.29, 0.717) is 19.7 Å². The Hall–Kier alpha value is -2.40. The third kappa shape index (κ3) is 6.48. The van der Waals surface area contributed by atoms with Gasteiger partial charge in [0.15, 0.2) is 5.96 Å². The standard InChI is InChI=1S/C18H24N4O/c1-15-8-9-17(13-20-15)14-22-18(19-10-11-23-2)21-12-16-6-4-3-5-7-16/h3-9,13H,10-12,14H2,1-2H3,(H2,19,21,22). The molecule has 0 fully saturated rings. The second-order valence-electron chi connectivity index (χ2n) is 5.23. The van der Waals surface area contributed by atoms with Gasteiger partial charge in [0.05, 0.1) is 13.2 Å². The molecule has 0 spiro atoms. The number of nitrogens with one attached hydrogen (secondary N) is 2. The minimum absolute atomic E-state index is 0.588. The summed E-state index contributed by atoms with van der Waals surface area (Å²) in [4.78, 5) is 8.91. The van der Waals surface area contributed by atoms with Crippen LogP contribution in [0.2, 0.25) is 0 Å². The van der Waals surface area contributed by atoms with Crippen LogP contribution in [0.1, 0.15) is 16.8 Å². The van der Waals surface area contributed by atoms with E-state index in [9.17, 15) is 0 Å². The highest BCUT2D eigenvalue weighted by Gasteiger charge is 2.00. The van der Waals surface area contributed by atoms with E-state index in [0.717, 1.165) is 23.8 Å². The molecule has 0 aliphatic heterocycles. The fraction of sp³-hybridized carbons (Fsp3) is 0.333. The van der Waals surface area contributed by atoms with Gasteiger partial charge in [0.2, 0.25) is 0 Å². The van der Waals surface area contributed by atoms with Gasteiger partial charge in [-0.3, -0.25) is 4.98 Å². The molecule has 2 aromatic rings. The van der Waals surface area contributed by atoms with Crippen LogP contribution in [-0.4, -0.2) is 31.2 Å². The number of guanidine groups is 1. The molecule has 0 aliphatic rings. The number of aromatic nitrogens is 1. The van der Waals surface area contributed by atoms with Crippen molar-refractivity contribution in [2.75, 3.05) is 20.3 Å². The van der Waals surface area contributed by atoms with Gasteiger partial charge in [-0.1, -0.05) is 36.4 Å². The second-order valence-corrected chi connectivity index (χ2v) is 5.23. The molecule has 23 heavy (non-hydrogen) atoms. The number of benzene rings is 1. The van der Waals surface area contributed by atoms with Gasteiger partial charge in [0, 0.05) is 32.1 Å². The van der Waals surface area contributed by atoms with E-state index in [1.807, 2.05) is 37.4 Å². The topological polar surface area (TPSA) is 58.5 Å². The monoisotopic (exact) mass is 312 g/mol. The maximum atomic E-state index is 5.08. The van der Waals surface area contributed by atoms with Crippen molar-refractivity contribution in [1.29, 1.82) is 0 Å². The number of rotatable bonds is 7. The number of ether oxygens (including phenoxy) is 1. The van der Waals surface area contributed by atoms with Gasteiger partial charge in [0.1, 0.15) is 0 Å². The van der Waals surface area contributed by atoms with Crippen molar-refractivity contribution in [3.8, 4) is 0 Å². The van der Waals surface area contributed by atoms with Crippen molar-refractivity contribution in [1.82, 2.24) is 15.6 Å². The van der Waals surface area contributed by atoms with Crippen molar-refractivity contribution in [2.45, 2.75) is 20.0 Å². The number of pyridine rings is 1.